The first-order chi connectivity index (χ1) is 11.6. The van der Waals surface area contributed by atoms with E-state index in [0.717, 1.165) is 16.9 Å². The van der Waals surface area contributed by atoms with E-state index in [9.17, 15) is 4.79 Å². The maximum absolute atomic E-state index is 11.9. The van der Waals surface area contributed by atoms with Crippen LogP contribution in [0.2, 0.25) is 5.02 Å². The molecule has 3 rings (SSSR count). The summed E-state index contributed by atoms with van der Waals surface area (Å²) in [6.45, 7) is 0.110. The summed E-state index contributed by atoms with van der Waals surface area (Å²) in [7, 11) is 0. The summed E-state index contributed by atoms with van der Waals surface area (Å²) in [4.78, 5) is 22.9. The standard InChI is InChI=1S/C16H15ClN6O/c17-11-4-5-14(20-7-11)23-15(24)9-19-12-3-1-2-10(6-12)13-8-21-16(18)22-13/h1-8,19H,9H2,(H3,18,21,22)(H,20,23,24). The molecular weight excluding hydrogens is 328 g/mol. The zero-order valence-electron chi connectivity index (χ0n) is 12.6. The fraction of sp³-hybridized carbons (Fsp3) is 0.0625. The van der Waals surface area contributed by atoms with Crippen LogP contribution in [-0.4, -0.2) is 27.4 Å². The van der Waals surface area contributed by atoms with Crippen molar-refractivity contribution in [2.24, 2.45) is 0 Å². The molecule has 24 heavy (non-hydrogen) atoms. The number of H-pyrrole nitrogens is 1. The van der Waals surface area contributed by atoms with Gasteiger partial charge in [0.2, 0.25) is 5.91 Å². The maximum atomic E-state index is 11.9. The number of carbonyl (C=O) groups excluding carboxylic acids is 1. The second kappa shape index (κ2) is 7.01. The molecule has 2 aromatic heterocycles. The third-order valence-electron chi connectivity index (χ3n) is 3.22. The van der Waals surface area contributed by atoms with Crippen molar-refractivity contribution >= 4 is 35.0 Å². The van der Waals surface area contributed by atoms with E-state index in [-0.39, 0.29) is 12.5 Å². The third-order valence-corrected chi connectivity index (χ3v) is 3.44. The molecule has 122 valence electrons. The number of aromatic amines is 1. The predicted octanol–water partition coefficient (Wildman–Crippen LogP) is 2.76. The number of anilines is 3. The Morgan fingerprint density at radius 1 is 1.21 bits per heavy atom. The minimum atomic E-state index is -0.207. The SMILES string of the molecule is Nc1ncc(-c2cccc(NCC(=O)Nc3ccc(Cl)cn3)c2)[nH]1. The van der Waals surface area contributed by atoms with Crippen molar-refractivity contribution in [1.82, 2.24) is 15.0 Å². The van der Waals surface area contributed by atoms with Gasteiger partial charge in [0, 0.05) is 17.4 Å². The van der Waals surface area contributed by atoms with Crippen LogP contribution in [-0.2, 0) is 4.79 Å². The number of imidazole rings is 1. The molecule has 5 N–H and O–H groups in total. The molecular formula is C16H15ClN6O. The van der Waals surface area contributed by atoms with Gasteiger partial charge in [0.15, 0.2) is 5.95 Å². The summed E-state index contributed by atoms with van der Waals surface area (Å²) >= 11 is 5.75. The number of nitrogens with zero attached hydrogens (tertiary/aromatic N) is 2. The molecule has 0 aliphatic carbocycles. The lowest BCUT2D eigenvalue weighted by Crippen LogP contribution is -2.22. The molecule has 8 heteroatoms. The highest BCUT2D eigenvalue weighted by Gasteiger charge is 2.05. The van der Waals surface area contributed by atoms with Crippen LogP contribution in [0.4, 0.5) is 17.5 Å². The minimum absolute atomic E-state index is 0.110. The van der Waals surface area contributed by atoms with E-state index in [0.29, 0.717) is 16.8 Å². The van der Waals surface area contributed by atoms with Crippen LogP contribution in [0.3, 0.4) is 0 Å². The molecule has 0 bridgehead atoms. The lowest BCUT2D eigenvalue weighted by Gasteiger charge is -2.08. The summed E-state index contributed by atoms with van der Waals surface area (Å²) in [5, 5.41) is 6.26. The van der Waals surface area contributed by atoms with Crippen molar-refractivity contribution in [3.8, 4) is 11.3 Å². The highest BCUT2D eigenvalue weighted by Crippen LogP contribution is 2.21. The maximum Gasteiger partial charge on any atom is 0.244 e. The van der Waals surface area contributed by atoms with Crippen LogP contribution in [0.1, 0.15) is 0 Å². The van der Waals surface area contributed by atoms with Gasteiger partial charge in [-0.25, -0.2) is 9.97 Å². The predicted molar refractivity (Wildman–Crippen MR) is 94.8 cm³/mol. The van der Waals surface area contributed by atoms with Gasteiger partial charge in [-0.15, -0.1) is 0 Å². The van der Waals surface area contributed by atoms with Crippen molar-refractivity contribution in [2.45, 2.75) is 0 Å². The lowest BCUT2D eigenvalue weighted by atomic mass is 10.1. The number of nitrogen functional groups attached to an aromatic ring is 1. The molecule has 3 aromatic rings. The van der Waals surface area contributed by atoms with Gasteiger partial charge in [0.05, 0.1) is 23.5 Å². The number of hydrogen-bond acceptors (Lipinski definition) is 5. The van der Waals surface area contributed by atoms with Crippen molar-refractivity contribution in [2.75, 3.05) is 22.9 Å². The molecule has 0 unspecified atom stereocenters. The first-order valence-electron chi connectivity index (χ1n) is 7.16. The van der Waals surface area contributed by atoms with Crippen molar-refractivity contribution < 1.29 is 4.79 Å². The highest BCUT2D eigenvalue weighted by atomic mass is 35.5. The summed E-state index contributed by atoms with van der Waals surface area (Å²) in [6, 6.07) is 10.9. The fourth-order valence-corrected chi connectivity index (χ4v) is 2.21. The number of carbonyl (C=O) groups is 1. The van der Waals surface area contributed by atoms with Crippen LogP contribution in [0.15, 0.2) is 48.8 Å². The molecule has 0 fully saturated rings. The Kier molecular flexibility index (Phi) is 4.62. The van der Waals surface area contributed by atoms with E-state index in [2.05, 4.69) is 25.6 Å². The van der Waals surface area contributed by atoms with E-state index < -0.39 is 0 Å². The van der Waals surface area contributed by atoms with Gasteiger partial charge in [-0.2, -0.15) is 0 Å². The average molecular weight is 343 g/mol. The number of halogens is 1. The Morgan fingerprint density at radius 3 is 2.79 bits per heavy atom. The Bertz CT molecular complexity index is 846. The smallest absolute Gasteiger partial charge is 0.244 e. The fourth-order valence-electron chi connectivity index (χ4n) is 2.10. The van der Waals surface area contributed by atoms with Gasteiger partial charge < -0.3 is 21.4 Å². The van der Waals surface area contributed by atoms with Crippen molar-refractivity contribution in [3.63, 3.8) is 0 Å². The van der Waals surface area contributed by atoms with Gasteiger partial charge in [0.25, 0.3) is 0 Å². The summed E-state index contributed by atoms with van der Waals surface area (Å²) in [5.41, 5.74) is 8.12. The molecule has 0 saturated carbocycles. The number of amides is 1. The van der Waals surface area contributed by atoms with E-state index >= 15 is 0 Å². The number of nitrogens with two attached hydrogens (primary N) is 1. The first kappa shape index (κ1) is 15.8. The molecule has 2 heterocycles. The van der Waals surface area contributed by atoms with Crippen molar-refractivity contribution in [3.05, 3.63) is 53.8 Å². The van der Waals surface area contributed by atoms with E-state index in [4.69, 9.17) is 17.3 Å². The largest absolute Gasteiger partial charge is 0.376 e. The number of hydrogen-bond donors (Lipinski definition) is 4. The van der Waals surface area contributed by atoms with Crippen LogP contribution >= 0.6 is 11.6 Å². The molecule has 0 spiro atoms. The van der Waals surface area contributed by atoms with Crippen LogP contribution in [0, 0.1) is 0 Å². The summed E-state index contributed by atoms with van der Waals surface area (Å²) < 4.78 is 0. The van der Waals surface area contributed by atoms with Gasteiger partial charge in [-0.3, -0.25) is 4.79 Å². The monoisotopic (exact) mass is 342 g/mol. The Hall–Kier alpha value is -3.06. The quantitative estimate of drug-likeness (QED) is 0.570. The average Bonchev–Trinajstić information content (AvgIpc) is 3.02. The second-order valence-electron chi connectivity index (χ2n) is 5.03. The zero-order chi connectivity index (χ0) is 16.9. The normalized spacial score (nSPS) is 10.4. The van der Waals surface area contributed by atoms with Crippen LogP contribution in [0.5, 0.6) is 0 Å². The molecule has 0 radical (unpaired) electrons. The third kappa shape index (κ3) is 4.02. The lowest BCUT2D eigenvalue weighted by molar-refractivity contribution is -0.114. The minimum Gasteiger partial charge on any atom is -0.376 e. The number of nitrogens with one attached hydrogen (secondary N) is 3. The van der Waals surface area contributed by atoms with Gasteiger partial charge in [0.1, 0.15) is 5.82 Å². The second-order valence-corrected chi connectivity index (χ2v) is 5.46. The molecule has 1 amide bonds. The van der Waals surface area contributed by atoms with E-state index in [1.165, 1.54) is 6.20 Å². The Balaban J connectivity index is 1.60. The summed E-state index contributed by atoms with van der Waals surface area (Å²) in [6.07, 6.45) is 3.14. The van der Waals surface area contributed by atoms with Crippen LogP contribution < -0.4 is 16.4 Å². The molecule has 0 aliphatic rings. The number of benzene rings is 1. The van der Waals surface area contributed by atoms with Gasteiger partial charge in [-0.1, -0.05) is 23.7 Å². The Labute approximate surface area is 143 Å². The Morgan fingerprint density at radius 2 is 2.08 bits per heavy atom. The molecule has 0 atom stereocenters. The highest BCUT2D eigenvalue weighted by molar-refractivity contribution is 6.30. The van der Waals surface area contributed by atoms with Gasteiger partial charge in [-0.05, 0) is 24.3 Å². The first-order valence-corrected chi connectivity index (χ1v) is 7.54. The van der Waals surface area contributed by atoms with Crippen LogP contribution in [0.25, 0.3) is 11.3 Å². The molecule has 1 aromatic carbocycles. The van der Waals surface area contributed by atoms with E-state index in [1.54, 1.807) is 18.3 Å². The molecule has 0 aliphatic heterocycles. The van der Waals surface area contributed by atoms with E-state index in [1.807, 2.05) is 24.3 Å². The number of aromatic nitrogens is 3. The molecule has 7 nitrogen and oxygen atoms in total. The topological polar surface area (TPSA) is 109 Å². The number of pyridine rings is 1. The van der Waals surface area contributed by atoms with Crippen molar-refractivity contribution in [1.29, 1.82) is 0 Å². The summed E-state index contributed by atoms with van der Waals surface area (Å²) in [5.74, 6) is 0.604. The zero-order valence-corrected chi connectivity index (χ0v) is 13.3. The van der Waals surface area contributed by atoms with Gasteiger partial charge >= 0.3 is 0 Å². The molecule has 0 saturated heterocycles. The number of rotatable bonds is 5.